The van der Waals surface area contributed by atoms with Crippen LogP contribution in [0, 0.1) is 18.8 Å². The Kier molecular flexibility index (Phi) is 8.00. The lowest BCUT2D eigenvalue weighted by Gasteiger charge is -2.35. The summed E-state index contributed by atoms with van der Waals surface area (Å²) in [6, 6.07) is 4.54. The molecule has 6 nitrogen and oxygen atoms in total. The van der Waals surface area contributed by atoms with Crippen molar-refractivity contribution < 1.29 is 24.1 Å². The normalized spacial score (nSPS) is 29.3. The van der Waals surface area contributed by atoms with Gasteiger partial charge >= 0.3 is 0 Å². The van der Waals surface area contributed by atoms with Crippen molar-refractivity contribution in [3.05, 3.63) is 23.3 Å². The second-order valence-corrected chi connectivity index (χ2v) is 9.43. The quantitative estimate of drug-likeness (QED) is 0.593. The van der Waals surface area contributed by atoms with Crippen LogP contribution in [0.5, 0.6) is 11.5 Å². The van der Waals surface area contributed by atoms with E-state index in [0.29, 0.717) is 24.4 Å². The number of ether oxygens (including phenoxy) is 2. The van der Waals surface area contributed by atoms with E-state index in [1.165, 1.54) is 28.9 Å². The van der Waals surface area contributed by atoms with E-state index in [1.54, 1.807) is 19.1 Å². The number of nitrogens with one attached hydrogen (secondary N) is 3. The summed E-state index contributed by atoms with van der Waals surface area (Å²) in [6.07, 6.45) is 3.67. The fourth-order valence-electron chi connectivity index (χ4n) is 5.06. The third-order valence-corrected chi connectivity index (χ3v) is 7.41. The molecule has 1 aliphatic carbocycles. The molecule has 3 atom stereocenters. The van der Waals surface area contributed by atoms with Gasteiger partial charge in [0.05, 0.1) is 14.2 Å². The van der Waals surface area contributed by atoms with Crippen LogP contribution in [0.25, 0.3) is 0 Å². The molecule has 0 spiro atoms. The van der Waals surface area contributed by atoms with Crippen molar-refractivity contribution >= 4 is 5.91 Å². The van der Waals surface area contributed by atoms with Crippen molar-refractivity contribution in [3.8, 4) is 11.5 Å². The first-order chi connectivity index (χ1) is 14.4. The van der Waals surface area contributed by atoms with E-state index in [0.717, 1.165) is 50.6 Å². The molecule has 0 radical (unpaired) electrons. The molecule has 3 N–H and O–H groups in total. The number of hydrogen-bond donors (Lipinski definition) is 3. The van der Waals surface area contributed by atoms with Gasteiger partial charge < -0.3 is 24.6 Å². The molecule has 1 saturated heterocycles. The highest BCUT2D eigenvalue weighted by molar-refractivity contribution is 5.77. The van der Waals surface area contributed by atoms with Crippen LogP contribution in [-0.4, -0.2) is 58.9 Å². The molecular weight excluding hydrogens is 378 g/mol. The predicted molar refractivity (Wildman–Crippen MR) is 118 cm³/mol. The highest BCUT2D eigenvalue weighted by Gasteiger charge is 2.30. The number of amides is 1. The van der Waals surface area contributed by atoms with Crippen molar-refractivity contribution in [3.63, 3.8) is 0 Å². The van der Waals surface area contributed by atoms with Crippen molar-refractivity contribution in [2.45, 2.75) is 52.6 Å². The van der Waals surface area contributed by atoms with Crippen LogP contribution in [0.4, 0.5) is 0 Å². The SMILES string of the molecule is COc1cc(C)c(C[NH+]2CC[NH+](CC(=O)N[C@H]3CCC[C@H](C)[C@@H]3C)CC2)cc1OC. The van der Waals surface area contributed by atoms with Gasteiger partial charge in [0.1, 0.15) is 32.7 Å². The molecule has 168 valence electrons. The van der Waals surface area contributed by atoms with Crippen molar-refractivity contribution in [2.24, 2.45) is 11.8 Å². The maximum absolute atomic E-state index is 12.6. The first-order valence-corrected chi connectivity index (χ1v) is 11.6. The molecule has 0 bridgehead atoms. The van der Waals surface area contributed by atoms with Crippen LogP contribution in [0.2, 0.25) is 0 Å². The molecule has 6 heteroatoms. The van der Waals surface area contributed by atoms with Gasteiger partial charge in [-0.05, 0) is 42.9 Å². The molecule has 1 saturated carbocycles. The molecule has 0 unspecified atom stereocenters. The van der Waals surface area contributed by atoms with E-state index in [1.807, 2.05) is 0 Å². The predicted octanol–water partition coefficient (Wildman–Crippen LogP) is 0.237. The molecule has 1 aliphatic heterocycles. The summed E-state index contributed by atoms with van der Waals surface area (Å²) in [5.74, 6) is 3.11. The Morgan fingerprint density at radius 1 is 1.03 bits per heavy atom. The number of quaternary nitrogens is 2. The summed E-state index contributed by atoms with van der Waals surface area (Å²) in [7, 11) is 3.36. The van der Waals surface area contributed by atoms with Crippen molar-refractivity contribution in [1.82, 2.24) is 5.32 Å². The minimum Gasteiger partial charge on any atom is -0.493 e. The third-order valence-electron chi connectivity index (χ3n) is 7.41. The standard InChI is InChI=1S/C24H39N3O3/c1-17-7-6-8-21(19(17)3)25-24(28)16-27-11-9-26(10-12-27)15-20-14-23(30-5)22(29-4)13-18(20)2/h13-14,17,19,21H,6-12,15-16H2,1-5H3,(H,25,28)/p+2/t17-,19-,21-/m0/s1. The molecule has 2 aliphatic rings. The number of aryl methyl sites for hydroxylation is 1. The Morgan fingerprint density at radius 2 is 1.67 bits per heavy atom. The average molecular weight is 420 g/mol. The summed E-state index contributed by atoms with van der Waals surface area (Å²) >= 11 is 0. The van der Waals surface area contributed by atoms with E-state index in [4.69, 9.17) is 9.47 Å². The molecule has 3 rings (SSSR count). The minimum atomic E-state index is 0.232. The van der Waals surface area contributed by atoms with Crippen LogP contribution in [0.1, 0.15) is 44.2 Å². The summed E-state index contributed by atoms with van der Waals surface area (Å²) in [6.45, 7) is 12.6. The van der Waals surface area contributed by atoms with Gasteiger partial charge in [-0.2, -0.15) is 0 Å². The Hall–Kier alpha value is -1.79. The molecule has 1 aromatic carbocycles. The first-order valence-electron chi connectivity index (χ1n) is 11.6. The lowest BCUT2D eigenvalue weighted by molar-refractivity contribution is -1.02. The van der Waals surface area contributed by atoms with E-state index in [-0.39, 0.29) is 5.91 Å². The summed E-state index contributed by atoms with van der Waals surface area (Å²) < 4.78 is 10.9. The average Bonchev–Trinajstić information content (AvgIpc) is 2.74. The van der Waals surface area contributed by atoms with Gasteiger partial charge in [-0.1, -0.05) is 26.7 Å². The number of carbonyl (C=O) groups is 1. The molecule has 1 amide bonds. The molecule has 30 heavy (non-hydrogen) atoms. The van der Waals surface area contributed by atoms with E-state index in [2.05, 4.69) is 38.2 Å². The van der Waals surface area contributed by atoms with Gasteiger partial charge in [0.15, 0.2) is 18.0 Å². The van der Waals surface area contributed by atoms with Crippen molar-refractivity contribution in [2.75, 3.05) is 46.9 Å². The number of benzene rings is 1. The molecule has 1 heterocycles. The van der Waals surface area contributed by atoms with Crippen LogP contribution < -0.4 is 24.6 Å². The van der Waals surface area contributed by atoms with Crippen molar-refractivity contribution in [1.29, 1.82) is 0 Å². The summed E-state index contributed by atoms with van der Waals surface area (Å²) in [5.41, 5.74) is 2.55. The number of methoxy groups -OCH3 is 2. The lowest BCUT2D eigenvalue weighted by atomic mass is 9.78. The van der Waals surface area contributed by atoms with Gasteiger partial charge in [0.25, 0.3) is 5.91 Å². The number of hydrogen-bond acceptors (Lipinski definition) is 3. The van der Waals surface area contributed by atoms with Crippen LogP contribution in [0.3, 0.4) is 0 Å². The Balaban J connectivity index is 1.46. The molecule has 1 aromatic rings. The molecule has 0 aromatic heterocycles. The van der Waals surface area contributed by atoms with Crippen LogP contribution >= 0.6 is 0 Å². The van der Waals surface area contributed by atoms with E-state index in [9.17, 15) is 4.79 Å². The minimum absolute atomic E-state index is 0.232. The second kappa shape index (κ2) is 10.5. The van der Waals surface area contributed by atoms with Gasteiger partial charge in [0.2, 0.25) is 0 Å². The maximum atomic E-state index is 12.6. The van der Waals surface area contributed by atoms with Crippen LogP contribution in [-0.2, 0) is 11.3 Å². The number of rotatable bonds is 7. The van der Waals surface area contributed by atoms with Crippen LogP contribution in [0.15, 0.2) is 12.1 Å². The lowest BCUT2D eigenvalue weighted by Crippen LogP contribution is -3.28. The zero-order valence-electron chi connectivity index (χ0n) is 19.5. The Morgan fingerprint density at radius 3 is 2.33 bits per heavy atom. The van der Waals surface area contributed by atoms with Gasteiger partial charge in [-0.25, -0.2) is 0 Å². The topological polar surface area (TPSA) is 56.4 Å². The molecular formula is C24H41N3O3+2. The zero-order valence-corrected chi connectivity index (χ0v) is 19.5. The smallest absolute Gasteiger partial charge is 0.275 e. The second-order valence-electron chi connectivity index (χ2n) is 9.43. The van der Waals surface area contributed by atoms with Gasteiger partial charge in [-0.15, -0.1) is 0 Å². The van der Waals surface area contributed by atoms with E-state index >= 15 is 0 Å². The van der Waals surface area contributed by atoms with E-state index < -0.39 is 0 Å². The zero-order chi connectivity index (χ0) is 21.7. The summed E-state index contributed by atoms with van der Waals surface area (Å²) in [4.78, 5) is 15.6. The Labute approximate surface area is 181 Å². The summed E-state index contributed by atoms with van der Waals surface area (Å²) in [5, 5.41) is 3.34. The fourth-order valence-corrected chi connectivity index (χ4v) is 5.06. The monoisotopic (exact) mass is 419 g/mol. The third kappa shape index (κ3) is 5.67. The molecule has 2 fully saturated rings. The fraction of sp³-hybridized carbons (Fsp3) is 0.708. The first kappa shape index (κ1) is 22.9. The largest absolute Gasteiger partial charge is 0.493 e. The highest BCUT2D eigenvalue weighted by Crippen LogP contribution is 2.30. The highest BCUT2D eigenvalue weighted by atomic mass is 16.5. The van der Waals surface area contributed by atoms with Gasteiger partial charge in [-0.3, -0.25) is 4.79 Å². The van der Waals surface area contributed by atoms with Gasteiger partial charge in [0, 0.05) is 11.6 Å². The maximum Gasteiger partial charge on any atom is 0.275 e. The number of piperazine rings is 1. The Bertz CT molecular complexity index is 716. The number of carbonyl (C=O) groups excluding carboxylic acids is 1.